The Labute approximate surface area is 192 Å². The highest BCUT2D eigenvalue weighted by Crippen LogP contribution is 2.25. The molecule has 1 amide bonds. The molecule has 1 aromatic carbocycles. The lowest BCUT2D eigenvalue weighted by molar-refractivity contribution is -0.121. The molecule has 1 N–H and O–H groups in total. The van der Waals surface area contributed by atoms with Gasteiger partial charge in [0.1, 0.15) is 5.82 Å². The van der Waals surface area contributed by atoms with Crippen LogP contribution in [-0.2, 0) is 27.8 Å². The van der Waals surface area contributed by atoms with Gasteiger partial charge in [0.15, 0.2) is 0 Å². The van der Waals surface area contributed by atoms with Gasteiger partial charge in [-0.05, 0) is 50.6 Å². The maximum Gasteiger partial charge on any atom is 0.243 e. The van der Waals surface area contributed by atoms with Crippen molar-refractivity contribution in [2.24, 2.45) is 0 Å². The van der Waals surface area contributed by atoms with Crippen LogP contribution in [0.4, 0.5) is 0 Å². The third-order valence-electron chi connectivity index (χ3n) is 6.17. The van der Waals surface area contributed by atoms with E-state index in [9.17, 15) is 13.2 Å². The van der Waals surface area contributed by atoms with E-state index in [1.54, 1.807) is 16.4 Å². The van der Waals surface area contributed by atoms with Gasteiger partial charge in [0.2, 0.25) is 15.9 Å². The van der Waals surface area contributed by atoms with Crippen molar-refractivity contribution in [1.82, 2.24) is 24.1 Å². The number of imidazole rings is 1. The van der Waals surface area contributed by atoms with Gasteiger partial charge in [-0.3, -0.25) is 4.79 Å². The highest BCUT2D eigenvalue weighted by atomic mass is 32.2. The number of sulfonamides is 1. The number of hydrogen-bond acceptors (Lipinski definition) is 5. The average molecular weight is 464 g/mol. The first-order chi connectivity index (χ1) is 15.4. The molecule has 1 saturated heterocycles. The second-order valence-electron chi connectivity index (χ2n) is 8.32. The number of nitrogens with one attached hydrogen (secondary N) is 1. The van der Waals surface area contributed by atoms with Crippen molar-refractivity contribution in [2.45, 2.75) is 64.3 Å². The molecule has 9 heteroatoms. The Morgan fingerprint density at radius 2 is 1.88 bits per heavy atom. The highest BCUT2D eigenvalue weighted by Gasteiger charge is 2.27. The van der Waals surface area contributed by atoms with E-state index in [0.717, 1.165) is 56.8 Å². The third kappa shape index (κ3) is 5.68. The van der Waals surface area contributed by atoms with E-state index in [4.69, 9.17) is 4.98 Å². The van der Waals surface area contributed by atoms with Gasteiger partial charge in [0.25, 0.3) is 0 Å². The summed E-state index contributed by atoms with van der Waals surface area (Å²) in [4.78, 5) is 19.6. The van der Waals surface area contributed by atoms with Crippen LogP contribution in [0.1, 0.15) is 52.3 Å². The predicted octanol–water partition coefficient (Wildman–Crippen LogP) is 2.62. The second-order valence-corrected chi connectivity index (χ2v) is 10.3. The minimum atomic E-state index is -3.48. The molecule has 32 heavy (non-hydrogen) atoms. The third-order valence-corrected chi connectivity index (χ3v) is 8.06. The molecule has 3 rings (SSSR count). The van der Waals surface area contributed by atoms with Crippen molar-refractivity contribution in [3.63, 3.8) is 0 Å². The monoisotopic (exact) mass is 463 g/mol. The van der Waals surface area contributed by atoms with E-state index in [-0.39, 0.29) is 5.91 Å². The van der Waals surface area contributed by atoms with Gasteiger partial charge in [-0.15, -0.1) is 0 Å². The van der Waals surface area contributed by atoms with E-state index in [1.165, 1.54) is 0 Å². The lowest BCUT2D eigenvalue weighted by Crippen LogP contribution is -2.34. The molecule has 1 fully saturated rings. The minimum Gasteiger partial charge on any atom is -0.355 e. The smallest absolute Gasteiger partial charge is 0.243 e. The fourth-order valence-corrected chi connectivity index (χ4v) is 5.81. The van der Waals surface area contributed by atoms with Gasteiger partial charge in [0, 0.05) is 45.6 Å². The van der Waals surface area contributed by atoms with Crippen molar-refractivity contribution >= 4 is 27.0 Å². The maximum absolute atomic E-state index is 12.9. The summed E-state index contributed by atoms with van der Waals surface area (Å²) in [6.45, 7) is 11.7. The molecule has 0 bridgehead atoms. The molecule has 8 nitrogen and oxygen atoms in total. The lowest BCUT2D eigenvalue weighted by Gasteiger charge is -2.17. The number of carbonyl (C=O) groups excluding carboxylic acids is 1. The van der Waals surface area contributed by atoms with E-state index >= 15 is 0 Å². The quantitative estimate of drug-likeness (QED) is 0.523. The first-order valence-corrected chi connectivity index (χ1v) is 13.3. The van der Waals surface area contributed by atoms with E-state index < -0.39 is 10.0 Å². The van der Waals surface area contributed by atoms with Crippen LogP contribution in [0.3, 0.4) is 0 Å². The standard InChI is InChI=1S/C23H37N5O3S/c1-4-14-28-21-10-9-19(32(30,31)27-15-7-8-16-27)18-20(21)25-22(28)11-12-23(29)24-13-17-26(5-2)6-3/h9-10,18H,4-8,11-17H2,1-3H3,(H,24,29). The summed E-state index contributed by atoms with van der Waals surface area (Å²) in [6.07, 6.45) is 3.65. The molecule has 2 heterocycles. The Balaban J connectivity index is 1.72. The summed E-state index contributed by atoms with van der Waals surface area (Å²) in [5.74, 6) is 0.848. The molecule has 1 aliphatic rings. The van der Waals surface area contributed by atoms with Crippen LogP contribution >= 0.6 is 0 Å². The zero-order valence-electron chi connectivity index (χ0n) is 19.6. The number of hydrogen-bond donors (Lipinski definition) is 1. The average Bonchev–Trinajstić information content (AvgIpc) is 3.44. The molecule has 0 unspecified atom stereocenters. The first kappa shape index (κ1) is 24.7. The molecule has 178 valence electrons. The summed E-state index contributed by atoms with van der Waals surface area (Å²) >= 11 is 0. The molecule has 1 aliphatic heterocycles. The van der Waals surface area contributed by atoms with Gasteiger partial charge in [-0.1, -0.05) is 20.8 Å². The van der Waals surface area contributed by atoms with Gasteiger partial charge in [0.05, 0.1) is 15.9 Å². The molecule has 0 atom stereocenters. The molecule has 1 aromatic heterocycles. The fraction of sp³-hybridized carbons (Fsp3) is 0.652. The highest BCUT2D eigenvalue weighted by molar-refractivity contribution is 7.89. The SMILES string of the molecule is CCCn1c(CCC(=O)NCCN(CC)CC)nc2cc(S(=O)(=O)N3CCCC3)ccc21. The molecule has 0 saturated carbocycles. The summed E-state index contributed by atoms with van der Waals surface area (Å²) in [5.41, 5.74) is 1.60. The fourth-order valence-electron chi connectivity index (χ4n) is 4.27. The van der Waals surface area contributed by atoms with Crippen LogP contribution in [0.25, 0.3) is 11.0 Å². The van der Waals surface area contributed by atoms with Crippen LogP contribution in [0.5, 0.6) is 0 Å². The number of amides is 1. The molecule has 0 radical (unpaired) electrons. The summed E-state index contributed by atoms with van der Waals surface area (Å²) in [6, 6.07) is 5.23. The maximum atomic E-state index is 12.9. The second kappa shape index (κ2) is 11.2. The van der Waals surface area contributed by atoms with Crippen molar-refractivity contribution in [3.05, 3.63) is 24.0 Å². The Kier molecular flexibility index (Phi) is 8.67. The summed E-state index contributed by atoms with van der Waals surface area (Å²) < 4.78 is 29.5. The largest absolute Gasteiger partial charge is 0.355 e. The number of benzene rings is 1. The molecular weight excluding hydrogens is 426 g/mol. The van der Waals surface area contributed by atoms with Crippen LogP contribution in [-0.4, -0.2) is 72.3 Å². The summed E-state index contributed by atoms with van der Waals surface area (Å²) in [5, 5.41) is 3.00. The van der Waals surface area contributed by atoms with Crippen LogP contribution in [0.15, 0.2) is 23.1 Å². The van der Waals surface area contributed by atoms with Crippen LogP contribution < -0.4 is 5.32 Å². The number of rotatable bonds is 12. The first-order valence-electron chi connectivity index (χ1n) is 11.9. The van der Waals surface area contributed by atoms with Gasteiger partial charge >= 0.3 is 0 Å². The predicted molar refractivity (Wildman–Crippen MR) is 127 cm³/mol. The topological polar surface area (TPSA) is 87.5 Å². The number of likely N-dealkylation sites (N-methyl/N-ethyl adjacent to an activating group) is 1. The zero-order chi connectivity index (χ0) is 23.1. The Morgan fingerprint density at radius 1 is 1.16 bits per heavy atom. The molecular formula is C23H37N5O3S. The number of fused-ring (bicyclic) bond motifs is 1. The van der Waals surface area contributed by atoms with Crippen LogP contribution in [0.2, 0.25) is 0 Å². The minimum absolute atomic E-state index is 0.0181. The molecule has 2 aromatic rings. The summed E-state index contributed by atoms with van der Waals surface area (Å²) in [7, 11) is -3.48. The van der Waals surface area contributed by atoms with Gasteiger partial charge in [-0.2, -0.15) is 4.31 Å². The Hall–Kier alpha value is -1.97. The normalized spacial score (nSPS) is 15.1. The Bertz CT molecular complexity index is 1010. The van der Waals surface area contributed by atoms with Crippen molar-refractivity contribution in [2.75, 3.05) is 39.3 Å². The van der Waals surface area contributed by atoms with Crippen LogP contribution in [0, 0.1) is 0 Å². The van der Waals surface area contributed by atoms with Crippen molar-refractivity contribution < 1.29 is 13.2 Å². The Morgan fingerprint density at radius 3 is 2.53 bits per heavy atom. The number of aryl methyl sites for hydroxylation is 2. The molecule has 0 aliphatic carbocycles. The van der Waals surface area contributed by atoms with Gasteiger partial charge in [-0.25, -0.2) is 13.4 Å². The number of carbonyl (C=O) groups is 1. The zero-order valence-corrected chi connectivity index (χ0v) is 20.5. The van der Waals surface area contributed by atoms with E-state index in [1.807, 2.05) is 6.07 Å². The van der Waals surface area contributed by atoms with E-state index in [0.29, 0.717) is 42.9 Å². The van der Waals surface area contributed by atoms with Crippen molar-refractivity contribution in [1.29, 1.82) is 0 Å². The lowest BCUT2D eigenvalue weighted by atomic mass is 10.2. The number of nitrogens with zero attached hydrogens (tertiary/aromatic N) is 4. The molecule has 0 spiro atoms. The van der Waals surface area contributed by atoms with E-state index in [2.05, 4.69) is 35.6 Å². The van der Waals surface area contributed by atoms with Gasteiger partial charge < -0.3 is 14.8 Å². The van der Waals surface area contributed by atoms with Crippen molar-refractivity contribution in [3.8, 4) is 0 Å². The number of aromatic nitrogens is 2.